The van der Waals surface area contributed by atoms with Gasteiger partial charge in [-0.05, 0) is 71.3 Å². The van der Waals surface area contributed by atoms with E-state index in [2.05, 4.69) is 59.9 Å². The lowest BCUT2D eigenvalue weighted by atomic mass is 10.0. The molecular formula is C26H27NO2. The third-order valence-electron chi connectivity index (χ3n) is 6.38. The summed E-state index contributed by atoms with van der Waals surface area (Å²) in [5.74, 6) is 2.47. The van der Waals surface area contributed by atoms with Gasteiger partial charge in [-0.3, -0.25) is 0 Å². The van der Waals surface area contributed by atoms with Gasteiger partial charge in [0.15, 0.2) is 0 Å². The minimum absolute atomic E-state index is 0.450. The molecule has 0 aromatic heterocycles. The Hall–Kier alpha value is -2.78. The van der Waals surface area contributed by atoms with E-state index in [1.165, 1.54) is 40.7 Å². The van der Waals surface area contributed by atoms with E-state index in [9.17, 15) is 0 Å². The SMILES string of the molecule is COc1cccc(-c2ccc([C@H]3C[C@@H]3NC3CCc4ccc(OC)cc43)cc2)c1. The van der Waals surface area contributed by atoms with E-state index >= 15 is 0 Å². The van der Waals surface area contributed by atoms with Gasteiger partial charge in [-0.25, -0.2) is 0 Å². The molecule has 3 heteroatoms. The molecule has 1 saturated carbocycles. The fraction of sp³-hybridized carbons (Fsp3) is 0.308. The van der Waals surface area contributed by atoms with Gasteiger partial charge in [0, 0.05) is 18.0 Å². The predicted molar refractivity (Wildman–Crippen MR) is 117 cm³/mol. The van der Waals surface area contributed by atoms with Crippen LogP contribution in [0.1, 0.15) is 41.5 Å². The van der Waals surface area contributed by atoms with E-state index in [-0.39, 0.29) is 0 Å². The third kappa shape index (κ3) is 3.63. The molecule has 3 nitrogen and oxygen atoms in total. The summed E-state index contributed by atoms with van der Waals surface area (Å²) in [6.07, 6.45) is 3.55. The van der Waals surface area contributed by atoms with Crippen LogP contribution < -0.4 is 14.8 Å². The van der Waals surface area contributed by atoms with Crippen molar-refractivity contribution >= 4 is 0 Å². The fourth-order valence-electron chi connectivity index (χ4n) is 4.61. The van der Waals surface area contributed by atoms with Crippen LogP contribution in [-0.4, -0.2) is 20.3 Å². The normalized spacial score (nSPS) is 22.2. The lowest BCUT2D eigenvalue weighted by Crippen LogP contribution is -2.22. The number of nitrogens with one attached hydrogen (secondary N) is 1. The molecule has 1 N–H and O–H groups in total. The van der Waals surface area contributed by atoms with Crippen LogP contribution in [0.2, 0.25) is 0 Å². The summed E-state index contributed by atoms with van der Waals surface area (Å²) in [7, 11) is 3.45. The van der Waals surface area contributed by atoms with Gasteiger partial charge in [-0.2, -0.15) is 0 Å². The van der Waals surface area contributed by atoms with E-state index in [0.717, 1.165) is 17.9 Å². The molecule has 5 rings (SSSR count). The Morgan fingerprint density at radius 3 is 2.41 bits per heavy atom. The zero-order valence-corrected chi connectivity index (χ0v) is 17.0. The van der Waals surface area contributed by atoms with Gasteiger partial charge in [0.1, 0.15) is 11.5 Å². The Balaban J connectivity index is 1.26. The lowest BCUT2D eigenvalue weighted by molar-refractivity contribution is 0.413. The zero-order valence-electron chi connectivity index (χ0n) is 17.0. The average Bonchev–Trinajstić information content (AvgIpc) is 3.44. The van der Waals surface area contributed by atoms with Crippen LogP contribution in [0.25, 0.3) is 11.1 Å². The van der Waals surface area contributed by atoms with Gasteiger partial charge in [-0.1, -0.05) is 42.5 Å². The van der Waals surface area contributed by atoms with Crippen molar-refractivity contribution in [2.45, 2.75) is 37.3 Å². The molecule has 3 aromatic carbocycles. The average molecular weight is 386 g/mol. The van der Waals surface area contributed by atoms with Gasteiger partial charge in [0.2, 0.25) is 0 Å². The minimum atomic E-state index is 0.450. The van der Waals surface area contributed by atoms with Gasteiger partial charge in [0.25, 0.3) is 0 Å². The van der Waals surface area contributed by atoms with Crippen molar-refractivity contribution in [3.63, 3.8) is 0 Å². The van der Waals surface area contributed by atoms with Crippen molar-refractivity contribution in [2.24, 2.45) is 0 Å². The summed E-state index contributed by atoms with van der Waals surface area (Å²) in [4.78, 5) is 0. The minimum Gasteiger partial charge on any atom is -0.497 e. The molecule has 0 spiro atoms. The Kier molecular flexibility index (Phi) is 4.76. The molecular weight excluding hydrogens is 358 g/mol. The summed E-state index contributed by atoms with van der Waals surface area (Å²) < 4.78 is 10.8. The topological polar surface area (TPSA) is 30.5 Å². The zero-order chi connectivity index (χ0) is 19.8. The van der Waals surface area contributed by atoms with Gasteiger partial charge < -0.3 is 14.8 Å². The van der Waals surface area contributed by atoms with Crippen LogP contribution >= 0.6 is 0 Å². The highest BCUT2D eigenvalue weighted by molar-refractivity contribution is 5.65. The van der Waals surface area contributed by atoms with Crippen LogP contribution in [0.15, 0.2) is 66.7 Å². The van der Waals surface area contributed by atoms with Crippen molar-refractivity contribution in [1.82, 2.24) is 5.32 Å². The molecule has 3 atom stereocenters. The molecule has 0 heterocycles. The summed E-state index contributed by atoms with van der Waals surface area (Å²) in [5.41, 5.74) is 6.73. The van der Waals surface area contributed by atoms with Gasteiger partial charge in [0.05, 0.1) is 14.2 Å². The van der Waals surface area contributed by atoms with Crippen molar-refractivity contribution in [2.75, 3.05) is 14.2 Å². The molecule has 2 aliphatic rings. The molecule has 0 radical (unpaired) electrons. The number of methoxy groups -OCH3 is 2. The smallest absolute Gasteiger partial charge is 0.119 e. The predicted octanol–water partition coefficient (Wildman–Crippen LogP) is 5.50. The van der Waals surface area contributed by atoms with E-state index in [1.807, 2.05) is 12.1 Å². The van der Waals surface area contributed by atoms with Crippen molar-refractivity contribution in [1.29, 1.82) is 0 Å². The summed E-state index contributed by atoms with van der Waals surface area (Å²) in [6.45, 7) is 0. The first-order valence-corrected chi connectivity index (χ1v) is 10.4. The molecule has 3 aromatic rings. The maximum absolute atomic E-state index is 5.43. The first kappa shape index (κ1) is 18.3. The third-order valence-corrected chi connectivity index (χ3v) is 6.38. The first-order valence-electron chi connectivity index (χ1n) is 10.4. The molecule has 0 amide bonds. The second kappa shape index (κ2) is 7.57. The molecule has 1 fully saturated rings. The largest absolute Gasteiger partial charge is 0.497 e. The molecule has 29 heavy (non-hydrogen) atoms. The number of benzene rings is 3. The highest BCUT2D eigenvalue weighted by Gasteiger charge is 2.40. The van der Waals surface area contributed by atoms with E-state index in [1.54, 1.807) is 14.2 Å². The van der Waals surface area contributed by atoms with E-state index in [4.69, 9.17) is 9.47 Å². The highest BCUT2D eigenvalue weighted by Crippen LogP contribution is 2.44. The van der Waals surface area contributed by atoms with Gasteiger partial charge in [-0.15, -0.1) is 0 Å². The standard InChI is InChI=1S/C26H27NO2/c1-28-21-5-3-4-20(14-21)17-6-8-18(9-7-17)24-16-26(24)27-25-13-11-19-10-12-22(29-2)15-23(19)25/h3-10,12,14-15,24-27H,11,13,16H2,1-2H3/t24-,25?,26+/m1/s1. The van der Waals surface area contributed by atoms with Crippen LogP contribution in [0.4, 0.5) is 0 Å². The molecule has 0 bridgehead atoms. The Bertz CT molecular complexity index is 1010. The fourth-order valence-corrected chi connectivity index (χ4v) is 4.61. The summed E-state index contributed by atoms with van der Waals surface area (Å²) in [6, 6.07) is 24.8. The maximum atomic E-state index is 5.43. The highest BCUT2D eigenvalue weighted by atomic mass is 16.5. The quantitative estimate of drug-likeness (QED) is 0.607. The molecule has 0 saturated heterocycles. The molecule has 0 aliphatic heterocycles. The Morgan fingerprint density at radius 1 is 0.828 bits per heavy atom. The van der Waals surface area contributed by atoms with Crippen LogP contribution in [0.5, 0.6) is 11.5 Å². The molecule has 148 valence electrons. The van der Waals surface area contributed by atoms with Crippen molar-refractivity contribution < 1.29 is 9.47 Å². The maximum Gasteiger partial charge on any atom is 0.119 e. The first-order chi connectivity index (χ1) is 14.2. The van der Waals surface area contributed by atoms with Crippen molar-refractivity contribution in [3.8, 4) is 22.6 Å². The number of hydrogen-bond acceptors (Lipinski definition) is 3. The van der Waals surface area contributed by atoms with Crippen LogP contribution in [0, 0.1) is 0 Å². The van der Waals surface area contributed by atoms with E-state index < -0.39 is 0 Å². The second-order valence-corrected chi connectivity index (χ2v) is 8.13. The van der Waals surface area contributed by atoms with Crippen LogP contribution in [0.3, 0.4) is 0 Å². The molecule has 2 aliphatic carbocycles. The summed E-state index contributed by atoms with van der Waals surface area (Å²) in [5, 5.41) is 3.90. The molecule has 1 unspecified atom stereocenters. The Morgan fingerprint density at radius 2 is 1.62 bits per heavy atom. The Labute approximate surface area is 172 Å². The number of hydrogen-bond donors (Lipinski definition) is 1. The lowest BCUT2D eigenvalue weighted by Gasteiger charge is -2.15. The summed E-state index contributed by atoms with van der Waals surface area (Å²) >= 11 is 0. The number of fused-ring (bicyclic) bond motifs is 1. The van der Waals surface area contributed by atoms with Crippen molar-refractivity contribution in [3.05, 3.63) is 83.4 Å². The van der Waals surface area contributed by atoms with Gasteiger partial charge >= 0.3 is 0 Å². The monoisotopic (exact) mass is 385 g/mol. The number of aryl methyl sites for hydroxylation is 1. The second-order valence-electron chi connectivity index (χ2n) is 8.13. The number of ether oxygens (including phenoxy) is 2. The van der Waals surface area contributed by atoms with Crippen LogP contribution in [-0.2, 0) is 6.42 Å². The number of rotatable bonds is 6. The van der Waals surface area contributed by atoms with E-state index in [0.29, 0.717) is 18.0 Å².